The third kappa shape index (κ3) is 4.70. The van der Waals surface area contributed by atoms with Gasteiger partial charge in [0.15, 0.2) is 5.75 Å². The SMILES string of the molecule is CCC(N)Cn1cccc(OCc2ccc(C(C)C)cc2)c1=O. The van der Waals surface area contributed by atoms with Gasteiger partial charge in [-0.15, -0.1) is 0 Å². The van der Waals surface area contributed by atoms with Crippen LogP contribution in [0.4, 0.5) is 0 Å². The summed E-state index contributed by atoms with van der Waals surface area (Å²) in [7, 11) is 0. The van der Waals surface area contributed by atoms with Crippen LogP contribution in [0.5, 0.6) is 5.75 Å². The first kappa shape index (κ1) is 17.3. The second-order valence-electron chi connectivity index (χ2n) is 6.18. The molecule has 23 heavy (non-hydrogen) atoms. The molecular formula is C19H26N2O2. The number of rotatable bonds is 7. The van der Waals surface area contributed by atoms with Crippen molar-refractivity contribution in [1.82, 2.24) is 4.57 Å². The van der Waals surface area contributed by atoms with Crippen LogP contribution in [-0.2, 0) is 13.2 Å². The van der Waals surface area contributed by atoms with Crippen molar-refractivity contribution in [3.63, 3.8) is 0 Å². The highest BCUT2D eigenvalue weighted by Crippen LogP contribution is 2.15. The molecular weight excluding hydrogens is 288 g/mol. The fraction of sp³-hybridized carbons (Fsp3) is 0.421. The molecule has 0 fully saturated rings. The Bertz CT molecular complexity index is 675. The average Bonchev–Trinajstić information content (AvgIpc) is 2.55. The monoisotopic (exact) mass is 314 g/mol. The number of hydrogen-bond acceptors (Lipinski definition) is 3. The maximum atomic E-state index is 12.4. The number of ether oxygens (including phenoxy) is 1. The molecule has 0 saturated carbocycles. The van der Waals surface area contributed by atoms with E-state index in [1.54, 1.807) is 16.8 Å². The quantitative estimate of drug-likeness (QED) is 0.853. The summed E-state index contributed by atoms with van der Waals surface area (Å²) >= 11 is 0. The molecule has 0 bridgehead atoms. The van der Waals surface area contributed by atoms with Gasteiger partial charge in [-0.25, -0.2) is 0 Å². The third-order valence-corrected chi connectivity index (χ3v) is 3.98. The van der Waals surface area contributed by atoms with Crippen LogP contribution >= 0.6 is 0 Å². The van der Waals surface area contributed by atoms with Crippen LogP contribution < -0.4 is 16.0 Å². The van der Waals surface area contributed by atoms with Gasteiger partial charge in [0.1, 0.15) is 6.61 Å². The summed E-state index contributed by atoms with van der Waals surface area (Å²) in [6.07, 6.45) is 2.59. The van der Waals surface area contributed by atoms with E-state index in [9.17, 15) is 4.79 Å². The van der Waals surface area contributed by atoms with Gasteiger partial charge in [0.05, 0.1) is 0 Å². The lowest BCUT2D eigenvalue weighted by Crippen LogP contribution is -2.31. The van der Waals surface area contributed by atoms with Crippen molar-refractivity contribution in [1.29, 1.82) is 0 Å². The minimum absolute atomic E-state index is 0.0217. The van der Waals surface area contributed by atoms with E-state index in [1.165, 1.54) is 5.56 Å². The van der Waals surface area contributed by atoms with Gasteiger partial charge in [-0.2, -0.15) is 0 Å². The number of pyridine rings is 1. The molecule has 1 aromatic carbocycles. The van der Waals surface area contributed by atoms with Crippen LogP contribution in [0.3, 0.4) is 0 Å². The Hall–Kier alpha value is -2.07. The van der Waals surface area contributed by atoms with E-state index in [4.69, 9.17) is 10.5 Å². The molecule has 124 valence electrons. The summed E-state index contributed by atoms with van der Waals surface area (Å²) < 4.78 is 7.32. The van der Waals surface area contributed by atoms with Crippen molar-refractivity contribution in [3.8, 4) is 5.75 Å². The minimum Gasteiger partial charge on any atom is -0.483 e. The maximum absolute atomic E-state index is 12.4. The molecule has 2 rings (SSSR count). The topological polar surface area (TPSA) is 57.2 Å². The highest BCUT2D eigenvalue weighted by Gasteiger charge is 2.08. The summed E-state index contributed by atoms with van der Waals surface area (Å²) in [5, 5.41) is 0. The molecule has 2 aromatic rings. The number of aromatic nitrogens is 1. The van der Waals surface area contributed by atoms with Gasteiger partial charge in [0.2, 0.25) is 0 Å². The molecule has 0 spiro atoms. The molecule has 1 atom stereocenters. The molecule has 1 aromatic heterocycles. The molecule has 1 heterocycles. The van der Waals surface area contributed by atoms with Crippen molar-refractivity contribution in [2.75, 3.05) is 0 Å². The van der Waals surface area contributed by atoms with E-state index in [-0.39, 0.29) is 11.6 Å². The van der Waals surface area contributed by atoms with Crippen LogP contribution in [-0.4, -0.2) is 10.6 Å². The molecule has 1 unspecified atom stereocenters. The Morgan fingerprint density at radius 3 is 2.48 bits per heavy atom. The van der Waals surface area contributed by atoms with E-state index in [0.717, 1.165) is 12.0 Å². The summed E-state index contributed by atoms with van der Waals surface area (Å²) in [4.78, 5) is 12.4. The van der Waals surface area contributed by atoms with Crippen LogP contribution in [0.2, 0.25) is 0 Å². The van der Waals surface area contributed by atoms with Gasteiger partial charge >= 0.3 is 0 Å². The van der Waals surface area contributed by atoms with Gasteiger partial charge < -0.3 is 15.0 Å². The normalized spacial score (nSPS) is 12.4. The predicted octanol–water partition coefficient (Wildman–Crippen LogP) is 3.29. The second-order valence-corrected chi connectivity index (χ2v) is 6.18. The van der Waals surface area contributed by atoms with Crippen molar-refractivity contribution < 1.29 is 4.74 Å². The van der Waals surface area contributed by atoms with E-state index in [1.807, 2.05) is 25.1 Å². The highest BCUT2D eigenvalue weighted by molar-refractivity contribution is 5.25. The highest BCUT2D eigenvalue weighted by atomic mass is 16.5. The lowest BCUT2D eigenvalue weighted by atomic mass is 10.0. The largest absolute Gasteiger partial charge is 0.483 e. The van der Waals surface area contributed by atoms with E-state index in [2.05, 4.69) is 26.0 Å². The Labute approximate surface area is 137 Å². The second kappa shape index (κ2) is 7.97. The average molecular weight is 314 g/mol. The van der Waals surface area contributed by atoms with E-state index >= 15 is 0 Å². The first-order chi connectivity index (χ1) is 11.0. The van der Waals surface area contributed by atoms with Crippen molar-refractivity contribution in [3.05, 3.63) is 64.1 Å². The van der Waals surface area contributed by atoms with Crippen LogP contribution in [0.1, 0.15) is 44.2 Å². The Morgan fingerprint density at radius 1 is 1.17 bits per heavy atom. The van der Waals surface area contributed by atoms with Crippen molar-refractivity contribution in [2.24, 2.45) is 5.73 Å². The zero-order valence-electron chi connectivity index (χ0n) is 14.2. The zero-order valence-corrected chi connectivity index (χ0v) is 14.2. The molecule has 0 amide bonds. The standard InChI is InChI=1S/C19H26N2O2/c1-4-17(20)12-21-11-5-6-18(19(21)22)23-13-15-7-9-16(10-8-15)14(2)3/h5-11,14,17H,4,12-13,20H2,1-3H3. The third-order valence-electron chi connectivity index (χ3n) is 3.98. The summed E-state index contributed by atoms with van der Waals surface area (Å²) in [6, 6.07) is 11.8. The van der Waals surface area contributed by atoms with Gasteiger partial charge in [-0.1, -0.05) is 45.0 Å². The van der Waals surface area contributed by atoms with Crippen molar-refractivity contribution >= 4 is 0 Å². The Morgan fingerprint density at radius 2 is 1.87 bits per heavy atom. The predicted molar refractivity (Wildman–Crippen MR) is 93.8 cm³/mol. The lowest BCUT2D eigenvalue weighted by molar-refractivity contribution is 0.298. The fourth-order valence-corrected chi connectivity index (χ4v) is 2.31. The zero-order chi connectivity index (χ0) is 16.8. The molecule has 0 aliphatic carbocycles. The van der Waals surface area contributed by atoms with E-state index < -0.39 is 0 Å². The Balaban J connectivity index is 2.05. The molecule has 4 heteroatoms. The molecule has 0 aliphatic rings. The van der Waals surface area contributed by atoms with Crippen LogP contribution in [0.25, 0.3) is 0 Å². The van der Waals surface area contributed by atoms with Gasteiger partial charge in [-0.05, 0) is 35.6 Å². The molecule has 4 nitrogen and oxygen atoms in total. The molecule has 0 saturated heterocycles. The van der Waals surface area contributed by atoms with Gasteiger partial charge in [0, 0.05) is 18.8 Å². The minimum atomic E-state index is -0.129. The smallest absolute Gasteiger partial charge is 0.292 e. The molecule has 0 aliphatic heterocycles. The van der Waals surface area contributed by atoms with Crippen molar-refractivity contribution in [2.45, 2.75) is 52.3 Å². The first-order valence-corrected chi connectivity index (χ1v) is 8.18. The van der Waals surface area contributed by atoms with E-state index in [0.29, 0.717) is 24.8 Å². The van der Waals surface area contributed by atoms with Gasteiger partial charge in [0.25, 0.3) is 5.56 Å². The number of nitrogens with two attached hydrogens (primary N) is 1. The fourth-order valence-electron chi connectivity index (χ4n) is 2.31. The molecule has 2 N–H and O–H groups in total. The first-order valence-electron chi connectivity index (χ1n) is 8.18. The van der Waals surface area contributed by atoms with Crippen LogP contribution in [0, 0.1) is 0 Å². The number of nitrogens with zero attached hydrogens (tertiary/aromatic N) is 1. The lowest BCUT2D eigenvalue weighted by Gasteiger charge is -2.13. The summed E-state index contributed by atoms with van der Waals surface area (Å²) in [5.41, 5.74) is 8.14. The maximum Gasteiger partial charge on any atom is 0.292 e. The van der Waals surface area contributed by atoms with Crippen LogP contribution in [0.15, 0.2) is 47.4 Å². The number of hydrogen-bond donors (Lipinski definition) is 1. The number of benzene rings is 1. The molecule has 0 radical (unpaired) electrons. The summed E-state index contributed by atoms with van der Waals surface area (Å²) in [6.45, 7) is 7.24. The Kier molecular flexibility index (Phi) is 5.99. The summed E-state index contributed by atoms with van der Waals surface area (Å²) in [5.74, 6) is 0.873. The van der Waals surface area contributed by atoms with Gasteiger partial charge in [-0.3, -0.25) is 4.79 Å².